The van der Waals surface area contributed by atoms with Crippen LogP contribution in [0.1, 0.15) is 0 Å². The molecule has 0 N–H and O–H groups in total. The van der Waals surface area contributed by atoms with E-state index in [-0.39, 0.29) is 18.3 Å². The van der Waals surface area contributed by atoms with E-state index < -0.39 is 11.2 Å². The maximum Gasteiger partial charge on any atom is 0.336 e. The molecule has 1 saturated heterocycles. The Hall–Kier alpha value is -3.43. The third kappa shape index (κ3) is 4.12. The van der Waals surface area contributed by atoms with Crippen LogP contribution in [0.2, 0.25) is 5.02 Å². The van der Waals surface area contributed by atoms with Crippen LogP contribution < -0.4 is 16.1 Å². The zero-order chi connectivity index (χ0) is 23.8. The first-order valence-electron chi connectivity index (χ1n) is 10.7. The van der Waals surface area contributed by atoms with Crippen molar-refractivity contribution in [2.75, 3.05) is 31.1 Å². The maximum absolute atomic E-state index is 13.4. The monoisotopic (exact) mass is 498 g/mol. The summed E-state index contributed by atoms with van der Waals surface area (Å²) in [4.78, 5) is 43.4. The Kier molecular flexibility index (Phi) is 5.97. The van der Waals surface area contributed by atoms with Gasteiger partial charge in [0.15, 0.2) is 0 Å². The predicted octanol–water partition coefficient (Wildman–Crippen LogP) is 3.36. The van der Waals surface area contributed by atoms with Crippen LogP contribution in [0.4, 0.5) is 10.1 Å². The van der Waals surface area contributed by atoms with Gasteiger partial charge in [-0.2, -0.15) is 0 Å². The van der Waals surface area contributed by atoms with Gasteiger partial charge in [-0.3, -0.25) is 14.2 Å². The highest BCUT2D eigenvalue weighted by atomic mass is 35.5. The number of fused-ring (bicyclic) bond motifs is 1. The Bertz CT molecular complexity index is 1490. The zero-order valence-corrected chi connectivity index (χ0v) is 19.6. The number of hydrogen-bond donors (Lipinski definition) is 0. The van der Waals surface area contributed by atoms with Crippen molar-refractivity contribution >= 4 is 44.7 Å². The molecular formula is C24H20ClFN4O3S. The van der Waals surface area contributed by atoms with Gasteiger partial charge >= 0.3 is 5.69 Å². The largest absolute Gasteiger partial charge is 0.368 e. The molecule has 10 heteroatoms. The van der Waals surface area contributed by atoms with E-state index in [9.17, 15) is 18.8 Å². The number of hydrogen-bond acceptors (Lipinski definition) is 5. The number of carbonyl (C=O) groups is 1. The number of amides is 1. The summed E-state index contributed by atoms with van der Waals surface area (Å²) in [6.45, 7) is 1.98. The fourth-order valence-electron chi connectivity index (χ4n) is 4.18. The molecule has 0 spiro atoms. The van der Waals surface area contributed by atoms with Crippen LogP contribution in [0, 0.1) is 5.82 Å². The van der Waals surface area contributed by atoms with E-state index in [1.165, 1.54) is 28.0 Å². The standard InChI is InChI=1S/C24H20ClFN4O3S/c25-16-2-1-3-19(14-16)30-23(32)22-20(8-13-34-22)29(24(30)33)15-21(31)28-11-9-27(10-12-28)18-6-4-17(26)5-7-18/h1-8,13-14H,9-12,15H2. The van der Waals surface area contributed by atoms with E-state index in [4.69, 9.17) is 11.6 Å². The highest BCUT2D eigenvalue weighted by molar-refractivity contribution is 7.17. The van der Waals surface area contributed by atoms with E-state index >= 15 is 0 Å². The maximum atomic E-state index is 13.4. The lowest BCUT2D eigenvalue weighted by Gasteiger charge is -2.36. The lowest BCUT2D eigenvalue weighted by Crippen LogP contribution is -2.50. The van der Waals surface area contributed by atoms with Crippen LogP contribution >= 0.6 is 22.9 Å². The number of halogens is 2. The minimum absolute atomic E-state index is 0.177. The third-order valence-corrected chi connectivity index (χ3v) is 7.07. The predicted molar refractivity (Wildman–Crippen MR) is 132 cm³/mol. The Morgan fingerprint density at radius 3 is 2.41 bits per heavy atom. The lowest BCUT2D eigenvalue weighted by atomic mass is 10.2. The zero-order valence-electron chi connectivity index (χ0n) is 18.0. The first kappa shape index (κ1) is 22.4. The minimum Gasteiger partial charge on any atom is -0.368 e. The average molecular weight is 499 g/mol. The quantitative estimate of drug-likeness (QED) is 0.433. The molecule has 1 aliphatic heterocycles. The van der Waals surface area contributed by atoms with Crippen molar-refractivity contribution in [1.82, 2.24) is 14.0 Å². The molecule has 174 valence electrons. The van der Waals surface area contributed by atoms with Crippen LogP contribution in [0.3, 0.4) is 0 Å². The molecule has 5 rings (SSSR count). The summed E-state index contributed by atoms with van der Waals surface area (Å²) in [7, 11) is 0. The molecule has 1 amide bonds. The summed E-state index contributed by atoms with van der Waals surface area (Å²) in [6.07, 6.45) is 0. The minimum atomic E-state index is -0.587. The summed E-state index contributed by atoms with van der Waals surface area (Å²) in [5.74, 6) is -0.494. The molecule has 0 atom stereocenters. The summed E-state index contributed by atoms with van der Waals surface area (Å²) >= 11 is 7.31. The van der Waals surface area contributed by atoms with E-state index in [1.807, 2.05) is 0 Å². The molecule has 0 unspecified atom stereocenters. The van der Waals surface area contributed by atoms with E-state index in [2.05, 4.69) is 4.90 Å². The van der Waals surface area contributed by atoms with Gasteiger partial charge in [-0.1, -0.05) is 17.7 Å². The van der Waals surface area contributed by atoms with E-state index in [0.29, 0.717) is 47.1 Å². The van der Waals surface area contributed by atoms with Crippen LogP contribution in [0.25, 0.3) is 15.9 Å². The topological polar surface area (TPSA) is 67.5 Å². The first-order chi connectivity index (χ1) is 16.4. The summed E-state index contributed by atoms with van der Waals surface area (Å²) < 4.78 is 16.0. The Morgan fingerprint density at radius 1 is 0.971 bits per heavy atom. The third-order valence-electron chi connectivity index (χ3n) is 5.94. The second-order valence-electron chi connectivity index (χ2n) is 7.97. The summed E-state index contributed by atoms with van der Waals surface area (Å²) in [5, 5.41) is 2.13. The average Bonchev–Trinajstić information content (AvgIpc) is 3.33. The van der Waals surface area contributed by atoms with Crippen molar-refractivity contribution in [3.8, 4) is 5.69 Å². The normalized spacial score (nSPS) is 14.1. The van der Waals surface area contributed by atoms with Gasteiger partial charge in [0.2, 0.25) is 5.91 Å². The van der Waals surface area contributed by atoms with Crippen molar-refractivity contribution in [2.45, 2.75) is 6.54 Å². The number of anilines is 1. The molecule has 1 fully saturated rings. The second kappa shape index (κ2) is 9.08. The van der Waals surface area contributed by atoms with Gasteiger partial charge in [-0.05, 0) is 53.9 Å². The van der Waals surface area contributed by atoms with Crippen LogP contribution in [0.5, 0.6) is 0 Å². The van der Waals surface area contributed by atoms with E-state index in [0.717, 1.165) is 10.3 Å². The van der Waals surface area contributed by atoms with Gasteiger partial charge in [0.1, 0.15) is 17.1 Å². The summed E-state index contributed by atoms with van der Waals surface area (Å²) in [5.41, 5.74) is 0.673. The second-order valence-corrected chi connectivity index (χ2v) is 9.32. The molecule has 0 aliphatic carbocycles. The molecule has 2 aromatic heterocycles. The Balaban J connectivity index is 1.41. The highest BCUT2D eigenvalue weighted by Crippen LogP contribution is 2.19. The number of aromatic nitrogens is 2. The van der Waals surface area contributed by atoms with E-state index in [1.54, 1.807) is 52.7 Å². The molecule has 0 radical (unpaired) electrons. The number of rotatable bonds is 4. The molecule has 7 nitrogen and oxygen atoms in total. The molecule has 34 heavy (non-hydrogen) atoms. The summed E-state index contributed by atoms with van der Waals surface area (Å²) in [6, 6.07) is 14.5. The number of piperazine rings is 1. The van der Waals surface area contributed by atoms with Crippen molar-refractivity contribution in [2.24, 2.45) is 0 Å². The highest BCUT2D eigenvalue weighted by Gasteiger charge is 2.24. The van der Waals surface area contributed by atoms with Gasteiger partial charge in [-0.25, -0.2) is 13.8 Å². The first-order valence-corrected chi connectivity index (χ1v) is 12.0. The molecular weight excluding hydrogens is 479 g/mol. The number of nitrogens with zero attached hydrogens (tertiary/aromatic N) is 4. The van der Waals surface area contributed by atoms with Crippen LogP contribution in [0.15, 0.2) is 69.6 Å². The number of thiophene rings is 1. The van der Waals surface area contributed by atoms with Crippen molar-refractivity contribution in [3.05, 3.63) is 91.7 Å². The van der Waals surface area contributed by atoms with Crippen molar-refractivity contribution in [3.63, 3.8) is 0 Å². The van der Waals surface area contributed by atoms with Gasteiger partial charge in [0.25, 0.3) is 5.56 Å². The lowest BCUT2D eigenvalue weighted by molar-refractivity contribution is -0.132. The smallest absolute Gasteiger partial charge is 0.336 e. The molecule has 0 bridgehead atoms. The van der Waals surface area contributed by atoms with Gasteiger partial charge in [0.05, 0.1) is 11.2 Å². The fourth-order valence-corrected chi connectivity index (χ4v) is 5.19. The van der Waals surface area contributed by atoms with Crippen LogP contribution in [-0.2, 0) is 11.3 Å². The van der Waals surface area contributed by atoms with Gasteiger partial charge in [0, 0.05) is 36.9 Å². The van der Waals surface area contributed by atoms with Gasteiger partial charge in [-0.15, -0.1) is 11.3 Å². The fraction of sp³-hybridized carbons (Fsp3) is 0.208. The SMILES string of the molecule is O=C(Cn1c(=O)n(-c2cccc(Cl)c2)c(=O)c2sccc21)N1CCN(c2ccc(F)cc2)CC1. The van der Waals surface area contributed by atoms with Gasteiger partial charge < -0.3 is 9.80 Å². The van der Waals surface area contributed by atoms with Crippen molar-refractivity contribution in [1.29, 1.82) is 0 Å². The molecule has 2 aromatic carbocycles. The number of carbonyl (C=O) groups excluding carboxylic acids is 1. The van der Waals surface area contributed by atoms with Crippen molar-refractivity contribution < 1.29 is 9.18 Å². The Morgan fingerprint density at radius 2 is 1.71 bits per heavy atom. The molecule has 1 aliphatic rings. The Labute approximate surface area is 202 Å². The molecule has 0 saturated carbocycles. The molecule has 4 aromatic rings. The number of benzene rings is 2. The van der Waals surface area contributed by atoms with Crippen LogP contribution in [-0.4, -0.2) is 46.1 Å². The molecule has 3 heterocycles.